The topological polar surface area (TPSA) is 95.9 Å². The first-order chi connectivity index (χ1) is 10.2. The summed E-state index contributed by atoms with van der Waals surface area (Å²) in [4.78, 5) is 35.4. The van der Waals surface area contributed by atoms with E-state index in [4.69, 9.17) is 4.74 Å². The number of nitrogens with one attached hydrogen (secondary N) is 1. The van der Waals surface area contributed by atoms with E-state index in [9.17, 15) is 19.5 Å². The maximum atomic E-state index is 11.7. The van der Waals surface area contributed by atoms with Crippen molar-refractivity contribution < 1.29 is 24.2 Å². The highest BCUT2D eigenvalue weighted by Gasteiger charge is 2.34. The molecule has 1 heterocycles. The third-order valence-electron chi connectivity index (χ3n) is 3.55. The molecule has 1 aliphatic rings. The van der Waals surface area contributed by atoms with Gasteiger partial charge in [0.2, 0.25) is 0 Å². The van der Waals surface area contributed by atoms with E-state index in [-0.39, 0.29) is 12.5 Å². The molecule has 1 rings (SSSR count). The van der Waals surface area contributed by atoms with Crippen LogP contribution in [0.4, 0.5) is 4.79 Å². The number of carboxylic acid groups (broad SMARTS) is 1. The molecule has 1 saturated heterocycles. The molecule has 0 saturated carbocycles. The number of hydrogen-bond acceptors (Lipinski definition) is 5. The van der Waals surface area contributed by atoms with Crippen LogP contribution in [0.3, 0.4) is 0 Å². The highest BCUT2D eigenvalue weighted by molar-refractivity contribution is 5.74. The molecule has 1 amide bonds. The van der Waals surface area contributed by atoms with Crippen molar-refractivity contribution in [2.45, 2.75) is 64.1 Å². The Kier molecular flexibility index (Phi) is 6.80. The number of aldehydes is 1. The first-order valence-electron chi connectivity index (χ1n) is 7.63. The van der Waals surface area contributed by atoms with Gasteiger partial charge in [0.25, 0.3) is 0 Å². The lowest BCUT2D eigenvalue weighted by atomic mass is 10.1. The van der Waals surface area contributed by atoms with E-state index in [1.54, 1.807) is 20.8 Å². The van der Waals surface area contributed by atoms with Gasteiger partial charge < -0.3 is 20.0 Å². The number of carbonyl (C=O) groups is 3. The minimum Gasteiger partial charge on any atom is -0.480 e. The molecular weight excluding hydrogens is 288 g/mol. The molecule has 2 atom stereocenters. The zero-order valence-corrected chi connectivity index (χ0v) is 13.5. The second-order valence-electron chi connectivity index (χ2n) is 6.51. The Bertz CT molecular complexity index is 405. The Morgan fingerprint density at radius 2 is 2.14 bits per heavy atom. The second-order valence-corrected chi connectivity index (χ2v) is 6.51. The van der Waals surface area contributed by atoms with Crippen LogP contribution in [0, 0.1) is 0 Å². The third-order valence-corrected chi connectivity index (χ3v) is 3.55. The van der Waals surface area contributed by atoms with E-state index >= 15 is 0 Å². The van der Waals surface area contributed by atoms with Crippen LogP contribution in [0.25, 0.3) is 0 Å². The van der Waals surface area contributed by atoms with E-state index in [2.05, 4.69) is 5.32 Å². The molecule has 2 N–H and O–H groups in total. The molecule has 22 heavy (non-hydrogen) atoms. The summed E-state index contributed by atoms with van der Waals surface area (Å²) >= 11 is 0. The molecule has 0 spiro atoms. The van der Waals surface area contributed by atoms with Crippen LogP contribution < -0.4 is 5.32 Å². The molecule has 0 aromatic carbocycles. The zero-order chi connectivity index (χ0) is 16.8. The monoisotopic (exact) mass is 314 g/mol. The van der Waals surface area contributed by atoms with E-state index in [0.717, 1.165) is 19.1 Å². The fraction of sp³-hybridized carbons (Fsp3) is 0.800. The van der Waals surface area contributed by atoms with Crippen LogP contribution in [0.5, 0.6) is 0 Å². The van der Waals surface area contributed by atoms with Crippen molar-refractivity contribution in [2.24, 2.45) is 0 Å². The van der Waals surface area contributed by atoms with Crippen LogP contribution in [0.2, 0.25) is 0 Å². The van der Waals surface area contributed by atoms with Crippen LogP contribution in [0.15, 0.2) is 0 Å². The smallest absolute Gasteiger partial charge is 0.407 e. The standard InChI is InChI=1S/C15H26N2O5/c1-15(2,3)22-14(21)16-10-11-6-4-8-17(11)12(13(19)20)7-5-9-18/h9,11-12H,4-8,10H2,1-3H3,(H,16,21)(H,19,20)/t11?,12-/m0/s1. The van der Waals surface area contributed by atoms with E-state index in [1.165, 1.54) is 0 Å². The number of carboxylic acids is 1. The summed E-state index contributed by atoms with van der Waals surface area (Å²) in [6.45, 7) is 6.37. The number of ether oxygens (including phenoxy) is 1. The molecule has 0 radical (unpaired) electrons. The van der Waals surface area contributed by atoms with Gasteiger partial charge in [0.05, 0.1) is 0 Å². The van der Waals surface area contributed by atoms with Crippen molar-refractivity contribution in [3.05, 3.63) is 0 Å². The van der Waals surface area contributed by atoms with Gasteiger partial charge in [-0.1, -0.05) is 0 Å². The second kappa shape index (κ2) is 8.12. The summed E-state index contributed by atoms with van der Waals surface area (Å²) in [5, 5.41) is 12.0. The highest BCUT2D eigenvalue weighted by Crippen LogP contribution is 2.22. The van der Waals surface area contributed by atoms with Crippen molar-refractivity contribution in [2.75, 3.05) is 13.1 Å². The average molecular weight is 314 g/mol. The van der Waals surface area contributed by atoms with Gasteiger partial charge in [0, 0.05) is 19.0 Å². The SMILES string of the molecule is CC(C)(C)OC(=O)NCC1CCCN1[C@@H](CCC=O)C(=O)O. The fourth-order valence-corrected chi connectivity index (χ4v) is 2.66. The molecule has 1 unspecified atom stereocenters. The molecule has 7 nitrogen and oxygen atoms in total. The molecule has 0 bridgehead atoms. The summed E-state index contributed by atoms with van der Waals surface area (Å²) in [5.74, 6) is -0.925. The minimum atomic E-state index is -0.925. The number of carbonyl (C=O) groups excluding carboxylic acids is 2. The fourth-order valence-electron chi connectivity index (χ4n) is 2.66. The Hall–Kier alpha value is -1.63. The largest absolute Gasteiger partial charge is 0.480 e. The van der Waals surface area contributed by atoms with Crippen LogP contribution in [-0.4, -0.2) is 59.1 Å². The minimum absolute atomic E-state index is 0.0414. The summed E-state index contributed by atoms with van der Waals surface area (Å²) in [6, 6.07) is -0.724. The van der Waals surface area contributed by atoms with Crippen molar-refractivity contribution in [3.63, 3.8) is 0 Å². The maximum Gasteiger partial charge on any atom is 0.407 e. The van der Waals surface area contributed by atoms with Crippen molar-refractivity contribution >= 4 is 18.3 Å². The first kappa shape index (κ1) is 18.4. The van der Waals surface area contributed by atoms with Crippen LogP contribution >= 0.6 is 0 Å². The normalized spacial score (nSPS) is 20.4. The quantitative estimate of drug-likeness (QED) is 0.690. The molecular formula is C15H26N2O5. The van der Waals surface area contributed by atoms with Crippen LogP contribution in [0.1, 0.15) is 46.5 Å². The van der Waals surface area contributed by atoms with Gasteiger partial charge in [-0.2, -0.15) is 0 Å². The average Bonchev–Trinajstić information content (AvgIpc) is 2.83. The van der Waals surface area contributed by atoms with Crippen molar-refractivity contribution in [1.82, 2.24) is 10.2 Å². The van der Waals surface area contributed by atoms with Gasteiger partial charge in [-0.25, -0.2) is 4.79 Å². The number of hydrogen-bond donors (Lipinski definition) is 2. The van der Waals surface area contributed by atoms with Crippen molar-refractivity contribution in [1.29, 1.82) is 0 Å². The van der Waals surface area contributed by atoms with Gasteiger partial charge in [0.1, 0.15) is 17.9 Å². The lowest BCUT2D eigenvalue weighted by molar-refractivity contribution is -0.144. The predicted octanol–water partition coefficient (Wildman–Crippen LogP) is 1.41. The Labute approximate surface area is 131 Å². The van der Waals surface area contributed by atoms with Gasteiger partial charge in [-0.3, -0.25) is 9.69 Å². The number of likely N-dealkylation sites (tertiary alicyclic amines) is 1. The summed E-state index contributed by atoms with van der Waals surface area (Å²) < 4.78 is 5.17. The third kappa shape index (κ3) is 6.01. The van der Waals surface area contributed by atoms with Gasteiger partial charge in [-0.05, 0) is 46.6 Å². The maximum absolute atomic E-state index is 11.7. The molecule has 126 valence electrons. The van der Waals surface area contributed by atoms with E-state index in [1.807, 2.05) is 4.90 Å². The molecule has 0 aliphatic carbocycles. The Balaban J connectivity index is 2.56. The lowest BCUT2D eigenvalue weighted by Gasteiger charge is -2.30. The highest BCUT2D eigenvalue weighted by atomic mass is 16.6. The van der Waals surface area contributed by atoms with E-state index < -0.39 is 23.7 Å². The summed E-state index contributed by atoms with van der Waals surface area (Å²) in [6.07, 6.45) is 2.45. The van der Waals surface area contributed by atoms with Crippen LogP contribution in [-0.2, 0) is 14.3 Å². The van der Waals surface area contributed by atoms with Crippen molar-refractivity contribution in [3.8, 4) is 0 Å². The summed E-state index contributed by atoms with van der Waals surface area (Å²) in [5.41, 5.74) is -0.562. The Morgan fingerprint density at radius 1 is 1.45 bits per heavy atom. The number of alkyl carbamates (subject to hydrolysis) is 1. The first-order valence-corrected chi connectivity index (χ1v) is 7.63. The Morgan fingerprint density at radius 3 is 2.68 bits per heavy atom. The number of nitrogens with zero attached hydrogens (tertiary/aromatic N) is 1. The van der Waals surface area contributed by atoms with Gasteiger partial charge in [0.15, 0.2) is 0 Å². The summed E-state index contributed by atoms with van der Waals surface area (Å²) in [7, 11) is 0. The van der Waals surface area contributed by atoms with Gasteiger partial charge in [-0.15, -0.1) is 0 Å². The molecule has 0 aromatic heterocycles. The number of amides is 1. The predicted molar refractivity (Wildman–Crippen MR) is 80.7 cm³/mol. The lowest BCUT2D eigenvalue weighted by Crippen LogP contribution is -2.49. The zero-order valence-electron chi connectivity index (χ0n) is 13.5. The molecule has 0 aromatic rings. The number of aliphatic carboxylic acids is 1. The molecule has 1 fully saturated rings. The molecule has 7 heteroatoms. The number of rotatable bonds is 7. The van der Waals surface area contributed by atoms with E-state index in [0.29, 0.717) is 19.5 Å². The van der Waals surface area contributed by atoms with Gasteiger partial charge >= 0.3 is 12.1 Å². The molecule has 1 aliphatic heterocycles.